The number of hydrogen-bond acceptors (Lipinski definition) is 4. The molecule has 3 amide bonds. The van der Waals surface area contributed by atoms with Gasteiger partial charge < -0.3 is 20.6 Å². The standard InChI is InChI=1S/C10H15N3O5/c1-13-5-6(2-8(13)15)10(18)12-3-7(14)11-4-9(16)17/h6H,2-5H2,1H3,(H,11,14)(H,12,18)(H,16,17). The van der Waals surface area contributed by atoms with E-state index in [1.54, 1.807) is 7.05 Å². The van der Waals surface area contributed by atoms with Gasteiger partial charge in [0.15, 0.2) is 0 Å². The molecule has 0 aliphatic carbocycles. The molecule has 8 heteroatoms. The molecule has 18 heavy (non-hydrogen) atoms. The second kappa shape index (κ2) is 5.99. The minimum absolute atomic E-state index is 0.106. The predicted molar refractivity (Wildman–Crippen MR) is 59.4 cm³/mol. The molecular weight excluding hydrogens is 242 g/mol. The van der Waals surface area contributed by atoms with Crippen molar-refractivity contribution in [2.75, 3.05) is 26.7 Å². The Kier molecular flexibility index (Phi) is 4.64. The predicted octanol–water partition coefficient (Wildman–Crippen LogP) is -2.22. The van der Waals surface area contributed by atoms with E-state index in [0.29, 0.717) is 6.54 Å². The first kappa shape index (κ1) is 13.9. The monoisotopic (exact) mass is 257 g/mol. The minimum atomic E-state index is -1.15. The Labute approximate surface area is 103 Å². The highest BCUT2D eigenvalue weighted by atomic mass is 16.4. The van der Waals surface area contributed by atoms with Crippen LogP contribution in [-0.4, -0.2) is 60.4 Å². The minimum Gasteiger partial charge on any atom is -0.480 e. The van der Waals surface area contributed by atoms with E-state index in [9.17, 15) is 19.2 Å². The van der Waals surface area contributed by atoms with Gasteiger partial charge in [0.1, 0.15) is 6.54 Å². The molecule has 0 spiro atoms. The molecule has 0 bridgehead atoms. The highest BCUT2D eigenvalue weighted by molar-refractivity contribution is 5.91. The maximum absolute atomic E-state index is 11.6. The molecule has 100 valence electrons. The lowest BCUT2D eigenvalue weighted by Crippen LogP contribution is -2.41. The molecule has 1 heterocycles. The van der Waals surface area contributed by atoms with E-state index in [2.05, 4.69) is 10.6 Å². The molecule has 1 rings (SSSR count). The average molecular weight is 257 g/mol. The molecule has 1 fully saturated rings. The molecule has 0 saturated carbocycles. The second-order valence-corrected chi connectivity index (χ2v) is 4.06. The maximum atomic E-state index is 11.6. The largest absolute Gasteiger partial charge is 0.480 e. The van der Waals surface area contributed by atoms with Gasteiger partial charge in [0, 0.05) is 20.0 Å². The number of carbonyl (C=O) groups excluding carboxylic acids is 3. The molecule has 3 N–H and O–H groups in total. The van der Waals surface area contributed by atoms with Crippen molar-refractivity contribution in [1.82, 2.24) is 15.5 Å². The Balaban J connectivity index is 2.27. The van der Waals surface area contributed by atoms with Crippen LogP contribution >= 0.6 is 0 Å². The Morgan fingerprint density at radius 2 is 2.00 bits per heavy atom. The molecule has 1 aliphatic rings. The van der Waals surface area contributed by atoms with Crippen LogP contribution in [-0.2, 0) is 19.2 Å². The first-order valence-electron chi connectivity index (χ1n) is 5.40. The summed E-state index contributed by atoms with van der Waals surface area (Å²) in [7, 11) is 1.61. The van der Waals surface area contributed by atoms with Crippen LogP contribution < -0.4 is 10.6 Å². The highest BCUT2D eigenvalue weighted by Crippen LogP contribution is 2.15. The fraction of sp³-hybridized carbons (Fsp3) is 0.600. The van der Waals surface area contributed by atoms with Gasteiger partial charge in [-0.3, -0.25) is 19.2 Å². The zero-order chi connectivity index (χ0) is 13.7. The van der Waals surface area contributed by atoms with Crippen LogP contribution in [0.15, 0.2) is 0 Å². The van der Waals surface area contributed by atoms with Crippen LogP contribution in [0.25, 0.3) is 0 Å². The van der Waals surface area contributed by atoms with Crippen molar-refractivity contribution in [2.45, 2.75) is 6.42 Å². The summed E-state index contributed by atoms with van der Waals surface area (Å²) in [6.45, 7) is -0.443. The van der Waals surface area contributed by atoms with E-state index < -0.39 is 24.3 Å². The van der Waals surface area contributed by atoms with Crippen LogP contribution in [0.5, 0.6) is 0 Å². The summed E-state index contributed by atoms with van der Waals surface area (Å²) in [5.74, 6) is -2.67. The van der Waals surface area contributed by atoms with Crippen LogP contribution in [0.2, 0.25) is 0 Å². The van der Waals surface area contributed by atoms with Gasteiger partial charge in [-0.2, -0.15) is 0 Å². The number of amides is 3. The number of nitrogens with one attached hydrogen (secondary N) is 2. The maximum Gasteiger partial charge on any atom is 0.322 e. The molecule has 0 aromatic carbocycles. The lowest BCUT2D eigenvalue weighted by molar-refractivity contribution is -0.137. The summed E-state index contributed by atoms with van der Waals surface area (Å²) in [6, 6.07) is 0. The van der Waals surface area contributed by atoms with Gasteiger partial charge >= 0.3 is 5.97 Å². The van der Waals surface area contributed by atoms with Gasteiger partial charge in [-0.05, 0) is 0 Å². The molecule has 0 aromatic rings. The number of carboxylic acid groups (broad SMARTS) is 1. The lowest BCUT2D eigenvalue weighted by Gasteiger charge is -2.10. The van der Waals surface area contributed by atoms with Crippen LogP contribution in [0.3, 0.4) is 0 Å². The molecule has 1 atom stereocenters. The number of rotatable bonds is 5. The van der Waals surface area contributed by atoms with Crippen molar-refractivity contribution in [3.8, 4) is 0 Å². The van der Waals surface area contributed by atoms with E-state index in [-0.39, 0.29) is 24.8 Å². The molecule has 1 saturated heterocycles. The Morgan fingerprint density at radius 3 is 2.50 bits per heavy atom. The molecule has 0 aromatic heterocycles. The first-order valence-corrected chi connectivity index (χ1v) is 5.40. The highest BCUT2D eigenvalue weighted by Gasteiger charge is 2.32. The zero-order valence-corrected chi connectivity index (χ0v) is 9.93. The SMILES string of the molecule is CN1CC(C(=O)NCC(=O)NCC(=O)O)CC1=O. The van der Waals surface area contributed by atoms with E-state index in [4.69, 9.17) is 5.11 Å². The molecule has 8 nitrogen and oxygen atoms in total. The van der Waals surface area contributed by atoms with Crippen LogP contribution in [0.1, 0.15) is 6.42 Å². The smallest absolute Gasteiger partial charge is 0.322 e. The van der Waals surface area contributed by atoms with Crippen molar-refractivity contribution in [3.63, 3.8) is 0 Å². The Morgan fingerprint density at radius 1 is 1.33 bits per heavy atom. The normalized spacial score (nSPS) is 18.6. The van der Waals surface area contributed by atoms with E-state index in [1.807, 2.05) is 0 Å². The van der Waals surface area contributed by atoms with Crippen molar-refractivity contribution < 1.29 is 24.3 Å². The fourth-order valence-electron chi connectivity index (χ4n) is 1.59. The molecule has 0 radical (unpaired) electrons. The Hall–Kier alpha value is -2.12. The average Bonchev–Trinajstić information content (AvgIpc) is 2.64. The van der Waals surface area contributed by atoms with E-state index >= 15 is 0 Å². The number of likely N-dealkylation sites (tertiary alicyclic amines) is 1. The third-order valence-electron chi connectivity index (χ3n) is 2.57. The summed E-state index contributed by atoms with van der Waals surface area (Å²) >= 11 is 0. The quantitative estimate of drug-likeness (QED) is 0.516. The zero-order valence-electron chi connectivity index (χ0n) is 9.93. The second-order valence-electron chi connectivity index (χ2n) is 4.06. The van der Waals surface area contributed by atoms with E-state index in [1.165, 1.54) is 4.90 Å². The summed E-state index contributed by atoms with van der Waals surface area (Å²) in [6.07, 6.45) is 0.138. The third-order valence-corrected chi connectivity index (χ3v) is 2.57. The van der Waals surface area contributed by atoms with Gasteiger partial charge in [-0.25, -0.2) is 0 Å². The van der Waals surface area contributed by atoms with Crippen LogP contribution in [0, 0.1) is 5.92 Å². The topological polar surface area (TPSA) is 116 Å². The van der Waals surface area contributed by atoms with Crippen molar-refractivity contribution in [3.05, 3.63) is 0 Å². The Bertz CT molecular complexity index is 382. The third kappa shape index (κ3) is 4.04. The van der Waals surface area contributed by atoms with Crippen molar-refractivity contribution >= 4 is 23.7 Å². The van der Waals surface area contributed by atoms with Gasteiger partial charge in [0.25, 0.3) is 0 Å². The number of carboxylic acids is 1. The fourth-order valence-corrected chi connectivity index (χ4v) is 1.59. The molecule has 1 aliphatic heterocycles. The van der Waals surface area contributed by atoms with Gasteiger partial charge in [0.05, 0.1) is 12.5 Å². The van der Waals surface area contributed by atoms with Crippen molar-refractivity contribution in [1.29, 1.82) is 0 Å². The summed E-state index contributed by atoms with van der Waals surface area (Å²) in [4.78, 5) is 45.6. The van der Waals surface area contributed by atoms with Gasteiger partial charge in [-0.15, -0.1) is 0 Å². The van der Waals surface area contributed by atoms with Gasteiger partial charge in [0.2, 0.25) is 17.7 Å². The lowest BCUT2D eigenvalue weighted by atomic mass is 10.1. The van der Waals surface area contributed by atoms with Gasteiger partial charge in [-0.1, -0.05) is 0 Å². The number of nitrogens with zero attached hydrogens (tertiary/aromatic N) is 1. The van der Waals surface area contributed by atoms with Crippen molar-refractivity contribution in [2.24, 2.45) is 5.92 Å². The molecule has 1 unspecified atom stereocenters. The number of hydrogen-bond donors (Lipinski definition) is 3. The summed E-state index contributed by atoms with van der Waals surface area (Å²) in [5, 5.41) is 12.8. The number of carbonyl (C=O) groups is 4. The first-order chi connectivity index (χ1) is 8.40. The summed E-state index contributed by atoms with van der Waals surface area (Å²) in [5.41, 5.74) is 0. The van der Waals surface area contributed by atoms with Crippen LogP contribution in [0.4, 0.5) is 0 Å². The molecular formula is C10H15N3O5. The summed E-state index contributed by atoms with van der Waals surface area (Å²) < 4.78 is 0. The van der Waals surface area contributed by atoms with E-state index in [0.717, 1.165) is 0 Å². The number of aliphatic carboxylic acids is 1.